The van der Waals surface area contributed by atoms with Crippen LogP contribution in [0.1, 0.15) is 25.3 Å². The number of likely N-dealkylation sites (tertiary alicyclic amines) is 1. The maximum atomic E-state index is 12.5. The zero-order valence-electron chi connectivity index (χ0n) is 12.2. The molecule has 0 saturated carbocycles. The molecule has 5 nitrogen and oxygen atoms in total. The SMILES string of the molecule is CC1CC(NS(=O)(=O)c2cccc(C(N)=S)c2)CCN1C. The van der Waals surface area contributed by atoms with Gasteiger partial charge in [-0.1, -0.05) is 24.4 Å². The Balaban J connectivity index is 2.15. The van der Waals surface area contributed by atoms with Gasteiger partial charge in [0.25, 0.3) is 0 Å². The number of nitrogens with two attached hydrogens (primary N) is 1. The average molecular weight is 327 g/mol. The van der Waals surface area contributed by atoms with E-state index in [0.717, 1.165) is 19.4 Å². The third kappa shape index (κ3) is 4.00. The van der Waals surface area contributed by atoms with Crippen molar-refractivity contribution >= 4 is 27.2 Å². The van der Waals surface area contributed by atoms with E-state index in [2.05, 4.69) is 23.6 Å². The number of piperidine rings is 1. The number of nitrogens with one attached hydrogen (secondary N) is 1. The molecule has 0 amide bonds. The molecule has 1 aromatic carbocycles. The minimum atomic E-state index is -3.54. The fourth-order valence-corrected chi connectivity index (χ4v) is 3.96. The normalized spacial score (nSPS) is 23.9. The number of hydrogen-bond acceptors (Lipinski definition) is 4. The van der Waals surface area contributed by atoms with E-state index in [-0.39, 0.29) is 15.9 Å². The monoisotopic (exact) mass is 327 g/mol. The first-order chi connectivity index (χ1) is 9.79. The molecule has 0 radical (unpaired) electrons. The van der Waals surface area contributed by atoms with Gasteiger partial charge in [0.15, 0.2) is 0 Å². The van der Waals surface area contributed by atoms with Crippen LogP contribution in [0.3, 0.4) is 0 Å². The van der Waals surface area contributed by atoms with Crippen LogP contribution in [0.2, 0.25) is 0 Å². The van der Waals surface area contributed by atoms with Crippen LogP contribution >= 0.6 is 12.2 Å². The summed E-state index contributed by atoms with van der Waals surface area (Å²) in [5.74, 6) is 0. The van der Waals surface area contributed by atoms with Crippen molar-refractivity contribution in [2.24, 2.45) is 5.73 Å². The molecule has 0 bridgehead atoms. The Labute approximate surface area is 131 Å². The quantitative estimate of drug-likeness (QED) is 0.810. The topological polar surface area (TPSA) is 75.4 Å². The predicted molar refractivity (Wildman–Crippen MR) is 87.8 cm³/mol. The van der Waals surface area contributed by atoms with Crippen molar-refractivity contribution in [3.8, 4) is 0 Å². The second-order valence-electron chi connectivity index (χ2n) is 5.56. The highest BCUT2D eigenvalue weighted by molar-refractivity contribution is 7.89. The van der Waals surface area contributed by atoms with Crippen molar-refractivity contribution in [3.63, 3.8) is 0 Å². The Bertz CT molecular complexity index is 631. The van der Waals surface area contributed by atoms with E-state index in [0.29, 0.717) is 11.6 Å². The molecule has 2 atom stereocenters. The molecular formula is C14H21N3O2S2. The van der Waals surface area contributed by atoms with Crippen molar-refractivity contribution in [1.29, 1.82) is 0 Å². The van der Waals surface area contributed by atoms with E-state index in [4.69, 9.17) is 18.0 Å². The van der Waals surface area contributed by atoms with Gasteiger partial charge in [0, 0.05) is 17.6 Å². The van der Waals surface area contributed by atoms with Crippen molar-refractivity contribution < 1.29 is 8.42 Å². The fraction of sp³-hybridized carbons (Fsp3) is 0.500. The highest BCUT2D eigenvalue weighted by Crippen LogP contribution is 2.18. The van der Waals surface area contributed by atoms with Crippen molar-refractivity contribution in [3.05, 3.63) is 29.8 Å². The van der Waals surface area contributed by atoms with Gasteiger partial charge < -0.3 is 10.6 Å². The average Bonchev–Trinajstić information content (AvgIpc) is 2.43. The van der Waals surface area contributed by atoms with Crippen molar-refractivity contribution in [2.45, 2.75) is 36.7 Å². The van der Waals surface area contributed by atoms with E-state index >= 15 is 0 Å². The molecule has 21 heavy (non-hydrogen) atoms. The zero-order valence-corrected chi connectivity index (χ0v) is 13.9. The van der Waals surface area contributed by atoms with Crippen molar-refractivity contribution in [1.82, 2.24) is 9.62 Å². The minimum absolute atomic E-state index is 0.0327. The Morgan fingerprint density at radius 3 is 2.81 bits per heavy atom. The summed E-state index contributed by atoms with van der Waals surface area (Å²) < 4.78 is 27.7. The summed E-state index contributed by atoms with van der Waals surface area (Å²) in [6, 6.07) is 6.77. The van der Waals surface area contributed by atoms with Gasteiger partial charge in [-0.2, -0.15) is 0 Å². The summed E-state index contributed by atoms with van der Waals surface area (Å²) in [5.41, 5.74) is 6.11. The number of benzene rings is 1. The summed E-state index contributed by atoms with van der Waals surface area (Å²) >= 11 is 4.89. The van der Waals surface area contributed by atoms with E-state index < -0.39 is 10.0 Å². The maximum Gasteiger partial charge on any atom is 0.240 e. The summed E-state index contributed by atoms with van der Waals surface area (Å²) in [5, 5.41) is 0. The third-order valence-electron chi connectivity index (χ3n) is 3.96. The molecule has 1 saturated heterocycles. The maximum absolute atomic E-state index is 12.5. The molecule has 2 rings (SSSR count). The second kappa shape index (κ2) is 6.39. The van der Waals surface area contributed by atoms with Crippen LogP contribution in [0.4, 0.5) is 0 Å². The highest BCUT2D eigenvalue weighted by atomic mass is 32.2. The zero-order chi connectivity index (χ0) is 15.6. The number of hydrogen-bond donors (Lipinski definition) is 2. The van der Waals surface area contributed by atoms with Gasteiger partial charge in [0.2, 0.25) is 10.0 Å². The minimum Gasteiger partial charge on any atom is -0.389 e. The number of sulfonamides is 1. The Hall–Kier alpha value is -1.02. The molecule has 0 aromatic heterocycles. The highest BCUT2D eigenvalue weighted by Gasteiger charge is 2.27. The first-order valence-electron chi connectivity index (χ1n) is 6.92. The standard InChI is InChI=1S/C14H21N3O2S2/c1-10-8-12(6-7-17(10)2)16-21(18,19)13-5-3-4-11(9-13)14(15)20/h3-5,9-10,12,16H,6-8H2,1-2H3,(H2,15,20). The molecular weight excluding hydrogens is 306 g/mol. The van der Waals surface area contributed by atoms with Crippen LogP contribution in [0.15, 0.2) is 29.2 Å². The lowest BCUT2D eigenvalue weighted by Gasteiger charge is -2.35. The fourth-order valence-electron chi connectivity index (χ4n) is 2.50. The summed E-state index contributed by atoms with van der Waals surface area (Å²) in [6.45, 7) is 3.00. The number of thiocarbonyl (C=S) groups is 1. The van der Waals surface area contributed by atoms with Crippen LogP contribution in [0, 0.1) is 0 Å². The molecule has 1 fully saturated rings. The van der Waals surface area contributed by atoms with E-state index in [1.165, 1.54) is 6.07 Å². The Morgan fingerprint density at radius 1 is 1.48 bits per heavy atom. The van der Waals surface area contributed by atoms with Crippen LogP contribution in [-0.2, 0) is 10.0 Å². The molecule has 0 spiro atoms. The van der Waals surface area contributed by atoms with Crippen molar-refractivity contribution in [2.75, 3.05) is 13.6 Å². The van der Waals surface area contributed by atoms with Gasteiger partial charge in [-0.05, 0) is 45.5 Å². The van der Waals surface area contributed by atoms with Crippen LogP contribution < -0.4 is 10.5 Å². The summed E-state index contributed by atoms with van der Waals surface area (Å²) in [7, 11) is -1.48. The molecule has 116 valence electrons. The lowest BCUT2D eigenvalue weighted by Crippen LogP contribution is -2.47. The van der Waals surface area contributed by atoms with Gasteiger partial charge in [-0.15, -0.1) is 0 Å². The van der Waals surface area contributed by atoms with Crippen LogP contribution in [0.5, 0.6) is 0 Å². The largest absolute Gasteiger partial charge is 0.389 e. The van der Waals surface area contributed by atoms with E-state index in [1.54, 1.807) is 18.2 Å². The van der Waals surface area contributed by atoms with Gasteiger partial charge in [0.05, 0.1) is 4.90 Å². The number of nitrogens with zero attached hydrogens (tertiary/aromatic N) is 1. The van der Waals surface area contributed by atoms with E-state index in [9.17, 15) is 8.42 Å². The Kier molecular flexibility index (Phi) is 4.98. The molecule has 0 aliphatic carbocycles. The first-order valence-corrected chi connectivity index (χ1v) is 8.81. The predicted octanol–water partition coefficient (Wildman–Crippen LogP) is 1.08. The smallest absolute Gasteiger partial charge is 0.240 e. The van der Waals surface area contributed by atoms with Gasteiger partial charge in [0.1, 0.15) is 4.99 Å². The molecule has 1 aromatic rings. The van der Waals surface area contributed by atoms with Crippen LogP contribution in [-0.4, -0.2) is 44.0 Å². The molecule has 1 heterocycles. The van der Waals surface area contributed by atoms with Gasteiger partial charge in [-0.25, -0.2) is 13.1 Å². The lowest BCUT2D eigenvalue weighted by molar-refractivity contribution is 0.178. The van der Waals surface area contributed by atoms with Gasteiger partial charge >= 0.3 is 0 Å². The van der Waals surface area contributed by atoms with E-state index in [1.807, 2.05) is 0 Å². The molecule has 2 unspecified atom stereocenters. The molecule has 1 aliphatic heterocycles. The second-order valence-corrected chi connectivity index (χ2v) is 7.72. The molecule has 7 heteroatoms. The summed E-state index contributed by atoms with van der Waals surface area (Å²) in [6.07, 6.45) is 1.62. The third-order valence-corrected chi connectivity index (χ3v) is 5.71. The van der Waals surface area contributed by atoms with Crippen LogP contribution in [0.25, 0.3) is 0 Å². The first kappa shape index (κ1) is 16.4. The van der Waals surface area contributed by atoms with Gasteiger partial charge in [-0.3, -0.25) is 0 Å². The Morgan fingerprint density at radius 2 is 2.19 bits per heavy atom. The summed E-state index contributed by atoms with van der Waals surface area (Å²) in [4.78, 5) is 2.64. The molecule has 1 aliphatic rings. The lowest BCUT2D eigenvalue weighted by atomic mass is 10.0. The molecule has 3 N–H and O–H groups in total. The number of rotatable bonds is 4.